The van der Waals surface area contributed by atoms with E-state index < -0.39 is 0 Å². The largest absolute Gasteiger partial charge is 0.381 e. The first-order valence-electron chi connectivity index (χ1n) is 6.44. The SMILES string of the molecule is N=C1c2cc(F)ccc2CN1CC1CCCOC1. The Morgan fingerprint density at radius 1 is 1.44 bits per heavy atom. The molecule has 0 saturated carbocycles. The molecule has 1 saturated heterocycles. The van der Waals surface area contributed by atoms with Gasteiger partial charge in [0.15, 0.2) is 0 Å². The molecule has 1 N–H and O–H groups in total. The zero-order valence-corrected chi connectivity index (χ0v) is 10.3. The van der Waals surface area contributed by atoms with Gasteiger partial charge in [-0.2, -0.15) is 0 Å². The molecule has 1 fully saturated rings. The molecule has 0 bridgehead atoms. The number of halogens is 1. The molecule has 2 heterocycles. The van der Waals surface area contributed by atoms with Crippen LogP contribution in [0.1, 0.15) is 24.0 Å². The van der Waals surface area contributed by atoms with E-state index in [9.17, 15) is 4.39 Å². The second kappa shape index (κ2) is 4.69. The Morgan fingerprint density at radius 3 is 3.11 bits per heavy atom. The van der Waals surface area contributed by atoms with Crippen molar-refractivity contribution in [2.45, 2.75) is 19.4 Å². The fraction of sp³-hybridized carbons (Fsp3) is 0.500. The van der Waals surface area contributed by atoms with Gasteiger partial charge in [-0.1, -0.05) is 6.07 Å². The fourth-order valence-electron chi connectivity index (χ4n) is 2.78. The number of rotatable bonds is 2. The van der Waals surface area contributed by atoms with Crippen molar-refractivity contribution < 1.29 is 9.13 Å². The average Bonchev–Trinajstić information content (AvgIpc) is 2.68. The third-order valence-electron chi connectivity index (χ3n) is 3.74. The summed E-state index contributed by atoms with van der Waals surface area (Å²) < 4.78 is 18.7. The van der Waals surface area contributed by atoms with Crippen LogP contribution in [0.25, 0.3) is 0 Å². The molecule has 0 radical (unpaired) electrons. The Balaban J connectivity index is 1.71. The van der Waals surface area contributed by atoms with Crippen LogP contribution in [0.4, 0.5) is 4.39 Å². The first-order valence-corrected chi connectivity index (χ1v) is 6.44. The van der Waals surface area contributed by atoms with Crippen molar-refractivity contribution in [3.05, 3.63) is 35.1 Å². The summed E-state index contributed by atoms with van der Waals surface area (Å²) in [6.45, 7) is 3.22. The molecular weight excluding hydrogens is 231 g/mol. The fourth-order valence-corrected chi connectivity index (χ4v) is 2.78. The van der Waals surface area contributed by atoms with Crippen LogP contribution < -0.4 is 0 Å². The van der Waals surface area contributed by atoms with E-state index >= 15 is 0 Å². The summed E-state index contributed by atoms with van der Waals surface area (Å²) in [7, 11) is 0. The average molecular weight is 248 g/mol. The lowest BCUT2D eigenvalue weighted by molar-refractivity contribution is 0.0465. The summed E-state index contributed by atoms with van der Waals surface area (Å²) in [6.07, 6.45) is 2.27. The quantitative estimate of drug-likeness (QED) is 0.872. The molecule has 0 amide bonds. The number of ether oxygens (including phenoxy) is 1. The van der Waals surface area contributed by atoms with Crippen LogP contribution in [-0.2, 0) is 11.3 Å². The van der Waals surface area contributed by atoms with E-state index in [2.05, 4.69) is 0 Å². The monoisotopic (exact) mass is 248 g/mol. The molecule has 0 aliphatic carbocycles. The molecule has 1 unspecified atom stereocenters. The van der Waals surface area contributed by atoms with E-state index in [0.717, 1.165) is 50.3 Å². The van der Waals surface area contributed by atoms with Gasteiger partial charge in [-0.3, -0.25) is 5.41 Å². The highest BCUT2D eigenvalue weighted by atomic mass is 19.1. The third-order valence-corrected chi connectivity index (χ3v) is 3.74. The first kappa shape index (κ1) is 11.7. The van der Waals surface area contributed by atoms with E-state index in [-0.39, 0.29) is 5.82 Å². The molecule has 2 aliphatic rings. The summed E-state index contributed by atoms with van der Waals surface area (Å²) in [4.78, 5) is 2.03. The van der Waals surface area contributed by atoms with Crippen LogP contribution in [0.15, 0.2) is 18.2 Å². The number of benzene rings is 1. The molecule has 1 aromatic rings. The van der Waals surface area contributed by atoms with Crippen molar-refractivity contribution in [2.75, 3.05) is 19.8 Å². The van der Waals surface area contributed by atoms with E-state index in [0.29, 0.717) is 11.8 Å². The standard InChI is InChI=1S/C14H17FN2O/c15-12-4-3-11-8-17(14(16)13(11)6-12)7-10-2-1-5-18-9-10/h3-4,6,10,16H,1-2,5,7-9H2. The van der Waals surface area contributed by atoms with Crippen molar-refractivity contribution in [3.63, 3.8) is 0 Å². The zero-order chi connectivity index (χ0) is 12.5. The summed E-state index contributed by atoms with van der Waals surface area (Å²) in [5.74, 6) is 0.690. The zero-order valence-electron chi connectivity index (χ0n) is 10.3. The van der Waals surface area contributed by atoms with Crippen LogP contribution >= 0.6 is 0 Å². The normalized spacial score (nSPS) is 23.3. The second-order valence-corrected chi connectivity index (χ2v) is 5.11. The van der Waals surface area contributed by atoms with Gasteiger partial charge in [0.1, 0.15) is 11.7 Å². The lowest BCUT2D eigenvalue weighted by Gasteiger charge is -2.27. The molecule has 4 heteroatoms. The van der Waals surface area contributed by atoms with E-state index in [1.807, 2.05) is 4.90 Å². The Kier molecular flexibility index (Phi) is 3.04. The summed E-state index contributed by atoms with van der Waals surface area (Å²) in [5.41, 5.74) is 1.80. The number of nitrogens with zero attached hydrogens (tertiary/aromatic N) is 1. The van der Waals surface area contributed by atoms with Gasteiger partial charge in [-0.15, -0.1) is 0 Å². The Hall–Kier alpha value is -1.42. The Bertz CT molecular complexity index is 469. The van der Waals surface area contributed by atoms with Crippen molar-refractivity contribution >= 4 is 5.84 Å². The summed E-state index contributed by atoms with van der Waals surface area (Å²) in [5, 5.41) is 8.12. The van der Waals surface area contributed by atoms with Gasteiger partial charge in [0.05, 0.1) is 6.61 Å². The molecule has 3 rings (SSSR count). The van der Waals surface area contributed by atoms with Crippen molar-refractivity contribution in [1.29, 1.82) is 5.41 Å². The van der Waals surface area contributed by atoms with Gasteiger partial charge in [-0.05, 0) is 36.5 Å². The molecular formula is C14H17FN2O. The van der Waals surface area contributed by atoms with Gasteiger partial charge in [-0.25, -0.2) is 4.39 Å². The van der Waals surface area contributed by atoms with Gasteiger partial charge < -0.3 is 9.64 Å². The van der Waals surface area contributed by atoms with Crippen molar-refractivity contribution in [1.82, 2.24) is 4.90 Å². The van der Waals surface area contributed by atoms with E-state index in [4.69, 9.17) is 10.1 Å². The minimum Gasteiger partial charge on any atom is -0.381 e. The maximum absolute atomic E-state index is 13.2. The van der Waals surface area contributed by atoms with Gasteiger partial charge in [0.25, 0.3) is 0 Å². The highest BCUT2D eigenvalue weighted by molar-refractivity contribution is 6.00. The first-order chi connectivity index (χ1) is 8.74. The van der Waals surface area contributed by atoms with Gasteiger partial charge >= 0.3 is 0 Å². The van der Waals surface area contributed by atoms with Gasteiger partial charge in [0, 0.05) is 25.3 Å². The van der Waals surface area contributed by atoms with Crippen LogP contribution in [0, 0.1) is 17.1 Å². The maximum Gasteiger partial charge on any atom is 0.128 e. The van der Waals surface area contributed by atoms with E-state index in [1.54, 1.807) is 6.07 Å². The van der Waals surface area contributed by atoms with Crippen LogP contribution in [-0.4, -0.2) is 30.5 Å². The number of nitrogens with one attached hydrogen (secondary N) is 1. The minimum absolute atomic E-state index is 0.263. The van der Waals surface area contributed by atoms with Crippen molar-refractivity contribution in [3.8, 4) is 0 Å². The molecule has 96 valence electrons. The molecule has 1 atom stereocenters. The lowest BCUT2D eigenvalue weighted by Crippen LogP contribution is -2.33. The number of amidine groups is 1. The van der Waals surface area contributed by atoms with Crippen LogP contribution in [0.3, 0.4) is 0 Å². The molecule has 2 aliphatic heterocycles. The number of hydrogen-bond acceptors (Lipinski definition) is 2. The Morgan fingerprint density at radius 2 is 2.33 bits per heavy atom. The molecule has 0 spiro atoms. The third kappa shape index (κ3) is 2.12. The summed E-state index contributed by atoms with van der Waals surface area (Å²) >= 11 is 0. The van der Waals surface area contributed by atoms with Crippen LogP contribution in [0.5, 0.6) is 0 Å². The predicted octanol–water partition coefficient (Wildman–Crippen LogP) is 2.39. The molecule has 3 nitrogen and oxygen atoms in total. The highest BCUT2D eigenvalue weighted by Crippen LogP contribution is 2.25. The minimum atomic E-state index is -0.263. The summed E-state index contributed by atoms with van der Waals surface area (Å²) in [6, 6.07) is 4.73. The molecule has 0 aromatic heterocycles. The predicted molar refractivity (Wildman–Crippen MR) is 67.2 cm³/mol. The second-order valence-electron chi connectivity index (χ2n) is 5.11. The van der Waals surface area contributed by atoms with E-state index in [1.165, 1.54) is 12.1 Å². The van der Waals surface area contributed by atoms with Crippen molar-refractivity contribution in [2.24, 2.45) is 5.92 Å². The molecule has 18 heavy (non-hydrogen) atoms. The topological polar surface area (TPSA) is 36.3 Å². The highest BCUT2D eigenvalue weighted by Gasteiger charge is 2.27. The lowest BCUT2D eigenvalue weighted by atomic mass is 10.0. The number of fused-ring (bicyclic) bond motifs is 1. The Labute approximate surface area is 106 Å². The molecule has 1 aromatic carbocycles. The van der Waals surface area contributed by atoms with Crippen LogP contribution in [0.2, 0.25) is 0 Å². The number of hydrogen-bond donors (Lipinski definition) is 1. The smallest absolute Gasteiger partial charge is 0.128 e. The van der Waals surface area contributed by atoms with Gasteiger partial charge in [0.2, 0.25) is 0 Å². The maximum atomic E-state index is 13.2.